The van der Waals surface area contributed by atoms with Crippen LogP contribution in [0.25, 0.3) is 0 Å². The van der Waals surface area contributed by atoms with Crippen LogP contribution in [0.2, 0.25) is 0 Å². The fraction of sp³-hybridized carbons (Fsp3) is 0.533. The highest BCUT2D eigenvalue weighted by atomic mass is 19.1. The summed E-state index contributed by atoms with van der Waals surface area (Å²) < 4.78 is 19.1. The number of esters is 1. The average Bonchev–Trinajstić information content (AvgIpc) is 2.37. The van der Waals surface area contributed by atoms with Crippen LogP contribution in [-0.2, 0) is 4.74 Å². The van der Waals surface area contributed by atoms with Crippen LogP contribution < -0.4 is 10.6 Å². The van der Waals surface area contributed by atoms with Gasteiger partial charge in [0.15, 0.2) is 0 Å². The molecule has 1 aliphatic rings. The Morgan fingerprint density at radius 3 is 2.90 bits per heavy atom. The van der Waals surface area contributed by atoms with Gasteiger partial charge in [-0.25, -0.2) is 9.18 Å². The molecular weight excluding hydrogens is 275 g/mol. The molecule has 3 N–H and O–H groups in total. The summed E-state index contributed by atoms with van der Waals surface area (Å²) in [5.74, 6) is -1.07. The summed E-state index contributed by atoms with van der Waals surface area (Å²) in [7, 11) is 0. The van der Waals surface area contributed by atoms with Crippen molar-refractivity contribution in [2.45, 2.75) is 32.3 Å². The van der Waals surface area contributed by atoms with E-state index >= 15 is 0 Å². The maximum Gasteiger partial charge on any atom is 0.340 e. The maximum atomic E-state index is 14.2. The number of ether oxygens (including phenoxy) is 1. The number of carbonyl (C=O) groups is 1. The molecule has 0 bridgehead atoms. The molecule has 0 amide bonds. The highest BCUT2D eigenvalue weighted by Gasteiger charge is 2.30. The lowest BCUT2D eigenvalue weighted by Gasteiger charge is -2.38. The summed E-state index contributed by atoms with van der Waals surface area (Å²) >= 11 is 0. The molecule has 5 nitrogen and oxygen atoms in total. The first kappa shape index (κ1) is 15.6. The van der Waals surface area contributed by atoms with E-state index in [9.17, 15) is 14.3 Å². The summed E-state index contributed by atoms with van der Waals surface area (Å²) in [6, 6.07) is 2.54. The Balaban J connectivity index is 2.35. The molecule has 1 atom stereocenters. The summed E-state index contributed by atoms with van der Waals surface area (Å²) in [5, 5.41) is 10.1. The van der Waals surface area contributed by atoms with Crippen molar-refractivity contribution in [1.29, 1.82) is 0 Å². The largest absolute Gasteiger partial charge is 0.462 e. The zero-order valence-electron chi connectivity index (χ0n) is 12.4. The second-order valence-corrected chi connectivity index (χ2v) is 5.63. The van der Waals surface area contributed by atoms with E-state index in [1.54, 1.807) is 18.7 Å². The standard InChI is InChI=1S/C15H21FN2O3/c1-3-21-14(19)10-7-13(11(16)8-12(10)17)18-6-4-5-15(2,20)9-18/h7-8,20H,3-6,9,17H2,1-2H3. The number of rotatable bonds is 3. The summed E-state index contributed by atoms with van der Waals surface area (Å²) in [5.41, 5.74) is 5.31. The highest BCUT2D eigenvalue weighted by molar-refractivity contribution is 5.96. The van der Waals surface area contributed by atoms with Gasteiger partial charge in [-0.1, -0.05) is 0 Å². The van der Waals surface area contributed by atoms with Crippen LogP contribution in [-0.4, -0.2) is 36.4 Å². The molecule has 1 aromatic carbocycles. The minimum Gasteiger partial charge on any atom is -0.462 e. The van der Waals surface area contributed by atoms with Crippen molar-refractivity contribution in [1.82, 2.24) is 0 Å². The number of aliphatic hydroxyl groups is 1. The van der Waals surface area contributed by atoms with Crippen LogP contribution in [0.5, 0.6) is 0 Å². The Bertz CT molecular complexity index is 546. The lowest BCUT2D eigenvalue weighted by Crippen LogP contribution is -2.46. The molecule has 0 spiro atoms. The molecular formula is C15H21FN2O3. The van der Waals surface area contributed by atoms with Crippen LogP contribution in [0.15, 0.2) is 12.1 Å². The van der Waals surface area contributed by atoms with Gasteiger partial charge in [0.25, 0.3) is 0 Å². The topological polar surface area (TPSA) is 75.8 Å². The van der Waals surface area contributed by atoms with Gasteiger partial charge in [0, 0.05) is 18.8 Å². The number of hydrogen-bond donors (Lipinski definition) is 2. The molecule has 0 aromatic heterocycles. The van der Waals surface area contributed by atoms with Crippen LogP contribution in [0, 0.1) is 5.82 Å². The van der Waals surface area contributed by atoms with Gasteiger partial charge in [-0.3, -0.25) is 0 Å². The molecule has 0 radical (unpaired) electrons. The number of halogens is 1. The molecule has 2 rings (SSSR count). The molecule has 6 heteroatoms. The third kappa shape index (κ3) is 3.44. The van der Waals surface area contributed by atoms with E-state index in [-0.39, 0.29) is 23.5 Å². The van der Waals surface area contributed by atoms with Gasteiger partial charge in [0.1, 0.15) is 5.82 Å². The third-order valence-electron chi connectivity index (χ3n) is 3.63. The maximum absolute atomic E-state index is 14.2. The van der Waals surface area contributed by atoms with Crippen molar-refractivity contribution >= 4 is 17.3 Å². The zero-order valence-corrected chi connectivity index (χ0v) is 12.4. The fourth-order valence-electron chi connectivity index (χ4n) is 2.63. The zero-order chi connectivity index (χ0) is 15.6. The lowest BCUT2D eigenvalue weighted by molar-refractivity contribution is 0.0447. The second-order valence-electron chi connectivity index (χ2n) is 5.63. The normalized spacial score (nSPS) is 22.2. The molecule has 0 saturated carbocycles. The number of carbonyl (C=O) groups excluding carboxylic acids is 1. The predicted octanol–water partition coefficient (Wildman–Crippen LogP) is 1.94. The van der Waals surface area contributed by atoms with Crippen LogP contribution in [0.4, 0.5) is 15.8 Å². The van der Waals surface area contributed by atoms with Gasteiger partial charge in [0.2, 0.25) is 0 Å². The van der Waals surface area contributed by atoms with Gasteiger partial charge >= 0.3 is 5.97 Å². The highest BCUT2D eigenvalue weighted by Crippen LogP contribution is 2.30. The first-order chi connectivity index (χ1) is 9.84. The van der Waals surface area contributed by atoms with E-state index in [1.807, 2.05) is 0 Å². The van der Waals surface area contributed by atoms with Gasteiger partial charge < -0.3 is 20.5 Å². The van der Waals surface area contributed by atoms with Gasteiger partial charge in [-0.15, -0.1) is 0 Å². The van der Waals surface area contributed by atoms with Crippen molar-refractivity contribution in [2.24, 2.45) is 0 Å². The smallest absolute Gasteiger partial charge is 0.340 e. The van der Waals surface area contributed by atoms with Crippen LogP contribution in [0.3, 0.4) is 0 Å². The Morgan fingerprint density at radius 2 is 2.29 bits per heavy atom. The summed E-state index contributed by atoms with van der Waals surface area (Å²) in [6.07, 6.45) is 1.43. The number of anilines is 2. The quantitative estimate of drug-likeness (QED) is 0.658. The lowest BCUT2D eigenvalue weighted by atomic mass is 9.94. The molecule has 1 aliphatic heterocycles. The molecule has 1 aromatic rings. The van der Waals surface area contributed by atoms with Gasteiger partial charge in [-0.2, -0.15) is 0 Å². The molecule has 21 heavy (non-hydrogen) atoms. The minimum atomic E-state index is -0.865. The number of hydrogen-bond acceptors (Lipinski definition) is 5. The van der Waals surface area contributed by atoms with Crippen molar-refractivity contribution in [2.75, 3.05) is 30.3 Å². The molecule has 0 aliphatic carbocycles. The fourth-order valence-corrected chi connectivity index (χ4v) is 2.63. The van der Waals surface area contributed by atoms with Gasteiger partial charge in [0.05, 0.1) is 23.5 Å². The van der Waals surface area contributed by atoms with E-state index in [1.165, 1.54) is 6.07 Å². The third-order valence-corrected chi connectivity index (χ3v) is 3.63. The Morgan fingerprint density at radius 1 is 1.57 bits per heavy atom. The molecule has 116 valence electrons. The first-order valence-corrected chi connectivity index (χ1v) is 7.07. The second kappa shape index (κ2) is 5.89. The Labute approximate surface area is 123 Å². The predicted molar refractivity (Wildman–Crippen MR) is 78.8 cm³/mol. The summed E-state index contributed by atoms with van der Waals surface area (Å²) in [6.45, 7) is 4.58. The van der Waals surface area contributed by atoms with E-state index in [0.29, 0.717) is 19.5 Å². The number of piperidine rings is 1. The Kier molecular flexibility index (Phi) is 4.37. The monoisotopic (exact) mass is 296 g/mol. The number of nitrogens with zero attached hydrogens (tertiary/aromatic N) is 1. The van der Waals surface area contributed by atoms with Crippen molar-refractivity contribution < 1.29 is 19.0 Å². The van der Waals surface area contributed by atoms with Crippen molar-refractivity contribution in [3.8, 4) is 0 Å². The Hall–Kier alpha value is -1.82. The van der Waals surface area contributed by atoms with Crippen LogP contribution in [0.1, 0.15) is 37.0 Å². The number of nitrogen functional groups attached to an aromatic ring is 1. The average molecular weight is 296 g/mol. The minimum absolute atomic E-state index is 0.0541. The molecule has 1 unspecified atom stereocenters. The van der Waals surface area contributed by atoms with E-state index < -0.39 is 17.4 Å². The molecule has 1 fully saturated rings. The first-order valence-electron chi connectivity index (χ1n) is 7.07. The van der Waals surface area contributed by atoms with E-state index in [4.69, 9.17) is 10.5 Å². The SMILES string of the molecule is CCOC(=O)c1cc(N2CCCC(C)(O)C2)c(F)cc1N. The van der Waals surface area contributed by atoms with Crippen LogP contribution >= 0.6 is 0 Å². The van der Waals surface area contributed by atoms with Crippen molar-refractivity contribution in [3.63, 3.8) is 0 Å². The number of nitrogens with two attached hydrogens (primary N) is 1. The summed E-state index contributed by atoms with van der Waals surface area (Å²) in [4.78, 5) is 13.6. The molecule has 1 saturated heterocycles. The number of β-amino-alcohol motifs (C(OH)–C–C–N with tert-alkyl or cyclic N) is 1. The van der Waals surface area contributed by atoms with E-state index in [0.717, 1.165) is 12.5 Å². The molecule has 1 heterocycles. The number of benzene rings is 1. The van der Waals surface area contributed by atoms with E-state index in [2.05, 4.69) is 0 Å². The van der Waals surface area contributed by atoms with Gasteiger partial charge in [-0.05, 0) is 38.8 Å². The van der Waals surface area contributed by atoms with Crippen molar-refractivity contribution in [3.05, 3.63) is 23.5 Å².